The van der Waals surface area contributed by atoms with Crippen LogP contribution in [0.5, 0.6) is 0 Å². The number of aromatic carboxylic acids is 1. The van der Waals surface area contributed by atoms with E-state index in [9.17, 15) is 9.59 Å². The number of pyridine rings is 2. The summed E-state index contributed by atoms with van der Waals surface area (Å²) in [6, 6.07) is 7.40. The van der Waals surface area contributed by atoms with Gasteiger partial charge in [-0.15, -0.1) is 0 Å². The first-order valence-electron chi connectivity index (χ1n) is 5.19. The van der Waals surface area contributed by atoms with Crippen molar-refractivity contribution in [3.63, 3.8) is 0 Å². The molecule has 0 unspecified atom stereocenters. The first-order chi connectivity index (χ1) is 9.06. The lowest BCUT2D eigenvalue weighted by Gasteiger charge is -2.04. The highest BCUT2D eigenvalue weighted by Crippen LogP contribution is 2.09. The number of nitrogens with one attached hydrogen (secondary N) is 1. The van der Waals surface area contributed by atoms with Crippen LogP contribution in [-0.4, -0.2) is 27.0 Å². The van der Waals surface area contributed by atoms with Gasteiger partial charge in [-0.1, -0.05) is 17.7 Å². The zero-order valence-electron chi connectivity index (χ0n) is 9.50. The monoisotopic (exact) mass is 277 g/mol. The molecule has 0 radical (unpaired) electrons. The van der Waals surface area contributed by atoms with Gasteiger partial charge in [-0.2, -0.15) is 0 Å². The number of hydrogen-bond acceptors (Lipinski definition) is 4. The number of nitrogens with zero attached hydrogens (tertiary/aromatic N) is 2. The summed E-state index contributed by atoms with van der Waals surface area (Å²) in [5.41, 5.74) is 0.190. The summed E-state index contributed by atoms with van der Waals surface area (Å²) in [5, 5.41) is 11.4. The Morgan fingerprint density at radius 2 is 2.00 bits per heavy atom. The van der Waals surface area contributed by atoms with Gasteiger partial charge in [-0.25, -0.2) is 14.8 Å². The van der Waals surface area contributed by atoms with Crippen LogP contribution in [0, 0.1) is 0 Å². The summed E-state index contributed by atoms with van der Waals surface area (Å²) < 4.78 is 0. The number of aromatic nitrogens is 2. The quantitative estimate of drug-likeness (QED) is 0.838. The lowest BCUT2D eigenvalue weighted by Crippen LogP contribution is -2.14. The second-order valence-electron chi connectivity index (χ2n) is 3.54. The van der Waals surface area contributed by atoms with Crippen molar-refractivity contribution in [2.75, 3.05) is 5.32 Å². The summed E-state index contributed by atoms with van der Waals surface area (Å²) in [6.45, 7) is 0. The number of amides is 1. The van der Waals surface area contributed by atoms with Gasteiger partial charge in [0.15, 0.2) is 0 Å². The fourth-order valence-corrected chi connectivity index (χ4v) is 1.47. The summed E-state index contributed by atoms with van der Waals surface area (Å²) in [4.78, 5) is 30.1. The van der Waals surface area contributed by atoms with Crippen molar-refractivity contribution < 1.29 is 14.7 Å². The molecule has 0 atom stereocenters. The van der Waals surface area contributed by atoms with Crippen molar-refractivity contribution in [2.24, 2.45) is 0 Å². The third-order valence-corrected chi connectivity index (χ3v) is 2.41. The smallest absolute Gasteiger partial charge is 0.337 e. The standard InChI is InChI=1S/C12H8ClN3O3/c13-9-3-1-2-8(15-9)11(17)16-10-5-4-7(6-14-10)12(18)19/h1-6H,(H,18,19)(H,14,16,17). The van der Waals surface area contributed by atoms with E-state index in [-0.39, 0.29) is 22.2 Å². The minimum atomic E-state index is -1.08. The number of halogens is 1. The Kier molecular flexibility index (Phi) is 3.72. The molecule has 0 aliphatic rings. The fraction of sp³-hybridized carbons (Fsp3) is 0. The van der Waals surface area contributed by atoms with Crippen LogP contribution in [0.4, 0.5) is 5.82 Å². The van der Waals surface area contributed by atoms with Crippen LogP contribution >= 0.6 is 11.6 Å². The number of hydrogen-bond donors (Lipinski definition) is 2. The summed E-state index contributed by atoms with van der Waals surface area (Å²) in [6.07, 6.45) is 1.16. The molecule has 2 heterocycles. The SMILES string of the molecule is O=C(O)c1ccc(NC(=O)c2cccc(Cl)n2)nc1. The van der Waals surface area contributed by atoms with Gasteiger partial charge in [0, 0.05) is 6.20 Å². The number of carboxylic acids is 1. The van der Waals surface area contributed by atoms with Gasteiger partial charge in [0.25, 0.3) is 5.91 Å². The largest absolute Gasteiger partial charge is 0.478 e. The van der Waals surface area contributed by atoms with Crippen molar-refractivity contribution in [1.82, 2.24) is 9.97 Å². The highest BCUT2D eigenvalue weighted by molar-refractivity contribution is 6.29. The molecule has 2 aromatic heterocycles. The van der Waals surface area contributed by atoms with Gasteiger partial charge < -0.3 is 10.4 Å². The first-order valence-corrected chi connectivity index (χ1v) is 5.57. The second kappa shape index (κ2) is 5.45. The fourth-order valence-electron chi connectivity index (χ4n) is 1.31. The minimum Gasteiger partial charge on any atom is -0.478 e. The van der Waals surface area contributed by atoms with Crippen LogP contribution in [0.25, 0.3) is 0 Å². The molecule has 2 N–H and O–H groups in total. The normalized spacial score (nSPS) is 9.95. The van der Waals surface area contributed by atoms with Crippen LogP contribution < -0.4 is 5.32 Å². The van der Waals surface area contributed by atoms with Crippen molar-refractivity contribution in [2.45, 2.75) is 0 Å². The Morgan fingerprint density at radius 3 is 2.58 bits per heavy atom. The van der Waals surface area contributed by atoms with E-state index in [0.29, 0.717) is 0 Å². The number of anilines is 1. The minimum absolute atomic E-state index is 0.0406. The van der Waals surface area contributed by atoms with Crippen molar-refractivity contribution in [1.29, 1.82) is 0 Å². The number of carbonyl (C=O) groups excluding carboxylic acids is 1. The Morgan fingerprint density at radius 1 is 1.21 bits per heavy atom. The van der Waals surface area contributed by atoms with E-state index >= 15 is 0 Å². The van der Waals surface area contributed by atoms with E-state index in [1.54, 1.807) is 12.1 Å². The third-order valence-electron chi connectivity index (χ3n) is 2.20. The maximum Gasteiger partial charge on any atom is 0.337 e. The molecule has 0 saturated carbocycles. The topological polar surface area (TPSA) is 92.2 Å². The Labute approximate surface area is 113 Å². The predicted molar refractivity (Wildman–Crippen MR) is 68.4 cm³/mol. The highest BCUT2D eigenvalue weighted by Gasteiger charge is 2.09. The Hall–Kier alpha value is -2.47. The number of carboxylic acid groups (broad SMARTS) is 1. The second-order valence-corrected chi connectivity index (χ2v) is 3.92. The van der Waals surface area contributed by atoms with E-state index < -0.39 is 11.9 Å². The average molecular weight is 278 g/mol. The maximum absolute atomic E-state index is 11.8. The van der Waals surface area contributed by atoms with E-state index in [1.807, 2.05) is 0 Å². The zero-order chi connectivity index (χ0) is 13.8. The Balaban J connectivity index is 2.13. The van der Waals surface area contributed by atoms with Crippen LogP contribution in [-0.2, 0) is 0 Å². The molecule has 96 valence electrons. The molecule has 0 aromatic carbocycles. The van der Waals surface area contributed by atoms with Gasteiger partial charge in [0.1, 0.15) is 16.7 Å². The molecule has 0 fully saturated rings. The van der Waals surface area contributed by atoms with Crippen molar-refractivity contribution in [3.8, 4) is 0 Å². The molecule has 0 saturated heterocycles. The molecular formula is C12H8ClN3O3. The Bertz CT molecular complexity index is 628. The van der Waals surface area contributed by atoms with Crippen LogP contribution in [0.2, 0.25) is 5.15 Å². The molecule has 0 spiro atoms. The molecule has 2 aromatic rings. The van der Waals surface area contributed by atoms with Gasteiger partial charge >= 0.3 is 5.97 Å². The van der Waals surface area contributed by atoms with E-state index in [0.717, 1.165) is 6.20 Å². The lowest BCUT2D eigenvalue weighted by molar-refractivity contribution is 0.0696. The highest BCUT2D eigenvalue weighted by atomic mass is 35.5. The molecule has 0 aliphatic carbocycles. The lowest BCUT2D eigenvalue weighted by atomic mass is 10.3. The van der Waals surface area contributed by atoms with E-state index in [2.05, 4.69) is 15.3 Å². The average Bonchev–Trinajstić information content (AvgIpc) is 2.39. The zero-order valence-corrected chi connectivity index (χ0v) is 10.3. The number of rotatable bonds is 3. The van der Waals surface area contributed by atoms with Gasteiger partial charge in [0.05, 0.1) is 5.56 Å². The van der Waals surface area contributed by atoms with Gasteiger partial charge in [-0.05, 0) is 24.3 Å². The van der Waals surface area contributed by atoms with Crippen molar-refractivity contribution in [3.05, 3.63) is 52.9 Å². The van der Waals surface area contributed by atoms with E-state index in [4.69, 9.17) is 16.7 Å². The molecule has 19 heavy (non-hydrogen) atoms. The molecule has 7 heteroatoms. The summed E-state index contributed by atoms with van der Waals surface area (Å²) in [5.74, 6) is -1.32. The molecule has 0 aliphatic heterocycles. The summed E-state index contributed by atoms with van der Waals surface area (Å²) in [7, 11) is 0. The maximum atomic E-state index is 11.8. The summed E-state index contributed by atoms with van der Waals surface area (Å²) >= 11 is 5.68. The van der Waals surface area contributed by atoms with Crippen LogP contribution in [0.3, 0.4) is 0 Å². The third kappa shape index (κ3) is 3.26. The number of carbonyl (C=O) groups is 2. The van der Waals surface area contributed by atoms with Crippen LogP contribution in [0.1, 0.15) is 20.8 Å². The van der Waals surface area contributed by atoms with Crippen molar-refractivity contribution >= 4 is 29.3 Å². The van der Waals surface area contributed by atoms with Gasteiger partial charge in [0.2, 0.25) is 0 Å². The van der Waals surface area contributed by atoms with Gasteiger partial charge in [-0.3, -0.25) is 4.79 Å². The molecular weight excluding hydrogens is 270 g/mol. The predicted octanol–water partition coefficient (Wildman–Crippen LogP) is 2.08. The molecule has 0 bridgehead atoms. The molecule has 6 nitrogen and oxygen atoms in total. The first kappa shape index (κ1) is 13.0. The molecule has 2 rings (SSSR count). The van der Waals surface area contributed by atoms with Crippen LogP contribution in [0.15, 0.2) is 36.5 Å². The van der Waals surface area contributed by atoms with E-state index in [1.165, 1.54) is 18.2 Å². The molecule has 1 amide bonds.